The van der Waals surface area contributed by atoms with E-state index in [2.05, 4.69) is 37.5 Å². The van der Waals surface area contributed by atoms with Crippen LogP contribution in [0.1, 0.15) is 75.4 Å². The van der Waals surface area contributed by atoms with Crippen LogP contribution in [0, 0.1) is 28.4 Å². The Morgan fingerprint density at radius 3 is 2.39 bits per heavy atom. The lowest BCUT2D eigenvalue weighted by Gasteiger charge is -2.37. The normalized spacial score (nSPS) is 19.0. The molecule has 0 radical (unpaired) electrons. The summed E-state index contributed by atoms with van der Waals surface area (Å²) in [7, 11) is 1.48. The van der Waals surface area contributed by atoms with Gasteiger partial charge in [-0.15, -0.1) is 0 Å². The third kappa shape index (κ3) is 8.35. The minimum Gasteiger partial charge on any atom is -0.495 e. The van der Waals surface area contributed by atoms with Gasteiger partial charge in [-0.25, -0.2) is 8.78 Å². The number of nitriles is 1. The maximum atomic E-state index is 15.0. The number of hydrogen-bond acceptors (Lipinski definition) is 5. The molecule has 2 N–H and O–H groups in total. The molecular weight excluding hydrogens is 607 g/mol. The molecule has 0 aliphatic carbocycles. The standard InChI is InChI=1S/C22H22Cl2F2N2.C10H11NO3.C2H6/c1-21(2,3)10-19-22(12-27,15-8-7-13(23)9-18(15)25)16(11-28-19)14-5-4-6-17(24)20(14)26;1-7(13)8-3-4-9(11-6-12)10(5-8)14-2;1-2/h4-9,16,19,28H,10-11H2,1-3H3;3-6H,1-2H3,(H,11,12);1-2H3/t16?,19?,22-;;/m1../s1. The van der Waals surface area contributed by atoms with E-state index in [0.29, 0.717) is 41.9 Å². The Balaban J connectivity index is 0.000000355. The van der Waals surface area contributed by atoms with Crippen LogP contribution in [0.25, 0.3) is 0 Å². The van der Waals surface area contributed by atoms with E-state index in [-0.39, 0.29) is 32.8 Å². The molecular formula is C34H39Cl2F2N3O3. The molecule has 1 saturated heterocycles. The van der Waals surface area contributed by atoms with Crippen LogP contribution in [0.15, 0.2) is 54.6 Å². The third-order valence-corrected chi connectivity index (χ3v) is 7.75. The summed E-state index contributed by atoms with van der Waals surface area (Å²) in [6, 6.07) is 15.9. The van der Waals surface area contributed by atoms with Gasteiger partial charge in [0.2, 0.25) is 6.41 Å². The van der Waals surface area contributed by atoms with E-state index in [0.717, 1.165) is 0 Å². The van der Waals surface area contributed by atoms with Crippen molar-refractivity contribution in [3.8, 4) is 11.8 Å². The summed E-state index contributed by atoms with van der Waals surface area (Å²) in [6.45, 7) is 12.0. The molecule has 0 aromatic heterocycles. The van der Waals surface area contributed by atoms with Crippen molar-refractivity contribution in [1.29, 1.82) is 5.26 Å². The summed E-state index contributed by atoms with van der Waals surface area (Å²) in [6.07, 6.45) is 1.17. The van der Waals surface area contributed by atoms with E-state index >= 15 is 4.39 Å². The first kappa shape index (κ1) is 36.7. The Morgan fingerprint density at radius 1 is 1.16 bits per heavy atom. The van der Waals surface area contributed by atoms with E-state index in [1.165, 1.54) is 26.2 Å². The average molecular weight is 647 g/mol. The summed E-state index contributed by atoms with van der Waals surface area (Å²) in [4.78, 5) is 21.3. The lowest BCUT2D eigenvalue weighted by Crippen LogP contribution is -2.44. The predicted octanol–water partition coefficient (Wildman–Crippen LogP) is 8.72. The lowest BCUT2D eigenvalue weighted by molar-refractivity contribution is -0.105. The Kier molecular flexibility index (Phi) is 13.3. The Labute approximate surface area is 268 Å². The van der Waals surface area contributed by atoms with Crippen LogP contribution >= 0.6 is 23.2 Å². The molecule has 0 bridgehead atoms. The number of rotatable bonds is 7. The third-order valence-electron chi connectivity index (χ3n) is 7.23. The number of Topliss-reactive ketones (excluding diaryl/α,β-unsaturated/α-hetero) is 1. The van der Waals surface area contributed by atoms with Gasteiger partial charge in [0, 0.05) is 34.7 Å². The topological polar surface area (TPSA) is 91.2 Å². The zero-order valence-electron chi connectivity index (χ0n) is 26.0. The number of anilines is 1. The molecule has 10 heteroatoms. The van der Waals surface area contributed by atoms with Crippen LogP contribution in [-0.2, 0) is 10.2 Å². The Morgan fingerprint density at radius 2 is 1.84 bits per heavy atom. The van der Waals surface area contributed by atoms with Crippen molar-refractivity contribution in [3.05, 3.63) is 93.0 Å². The first-order valence-electron chi connectivity index (χ1n) is 14.2. The highest BCUT2D eigenvalue weighted by Gasteiger charge is 2.55. The second kappa shape index (κ2) is 16.0. The molecule has 1 aliphatic heterocycles. The quantitative estimate of drug-likeness (QED) is 0.198. The molecule has 2 unspecified atom stereocenters. The number of carbonyl (C=O) groups is 2. The number of halogens is 4. The fourth-order valence-corrected chi connectivity index (χ4v) is 5.67. The molecule has 3 atom stereocenters. The van der Waals surface area contributed by atoms with Crippen LogP contribution in [-0.4, -0.2) is 31.9 Å². The van der Waals surface area contributed by atoms with Crippen molar-refractivity contribution >= 4 is 41.1 Å². The number of benzene rings is 3. The van der Waals surface area contributed by atoms with Gasteiger partial charge in [-0.05, 0) is 60.7 Å². The summed E-state index contributed by atoms with van der Waals surface area (Å²) < 4.78 is 34.9. The van der Waals surface area contributed by atoms with Gasteiger partial charge in [0.05, 0.1) is 23.9 Å². The van der Waals surface area contributed by atoms with E-state index in [1.807, 2.05) is 13.8 Å². The van der Waals surface area contributed by atoms with Crippen molar-refractivity contribution < 1.29 is 23.1 Å². The van der Waals surface area contributed by atoms with Gasteiger partial charge in [-0.3, -0.25) is 9.59 Å². The number of ketones is 1. The summed E-state index contributed by atoms with van der Waals surface area (Å²) in [5.74, 6) is -1.30. The second-order valence-electron chi connectivity index (χ2n) is 11.3. The van der Waals surface area contributed by atoms with E-state index in [4.69, 9.17) is 27.9 Å². The van der Waals surface area contributed by atoms with Gasteiger partial charge in [-0.2, -0.15) is 5.26 Å². The molecule has 6 nitrogen and oxygen atoms in total. The molecule has 0 saturated carbocycles. The number of ether oxygens (including phenoxy) is 1. The van der Waals surface area contributed by atoms with Crippen molar-refractivity contribution in [3.63, 3.8) is 0 Å². The maximum Gasteiger partial charge on any atom is 0.211 e. The molecule has 1 amide bonds. The zero-order chi connectivity index (χ0) is 33.2. The lowest BCUT2D eigenvalue weighted by atomic mass is 9.64. The van der Waals surface area contributed by atoms with E-state index < -0.39 is 23.0 Å². The van der Waals surface area contributed by atoms with Crippen molar-refractivity contribution in [2.45, 2.75) is 65.3 Å². The van der Waals surface area contributed by atoms with Crippen LogP contribution in [0.2, 0.25) is 10.0 Å². The van der Waals surface area contributed by atoms with E-state index in [9.17, 15) is 19.2 Å². The molecule has 236 valence electrons. The Bertz CT molecular complexity index is 1500. The molecule has 0 spiro atoms. The van der Waals surface area contributed by atoms with E-state index in [1.54, 1.807) is 42.5 Å². The molecule has 3 aromatic rings. The van der Waals surface area contributed by atoms with Gasteiger partial charge >= 0.3 is 0 Å². The average Bonchev–Trinajstić information content (AvgIpc) is 3.32. The second-order valence-corrected chi connectivity index (χ2v) is 12.1. The fourth-order valence-electron chi connectivity index (χ4n) is 5.32. The minimum absolute atomic E-state index is 0.0137. The molecule has 4 rings (SSSR count). The zero-order valence-corrected chi connectivity index (χ0v) is 27.5. The number of amides is 1. The number of nitrogens with one attached hydrogen (secondary N) is 2. The molecule has 1 fully saturated rings. The monoisotopic (exact) mass is 645 g/mol. The number of carbonyl (C=O) groups excluding carboxylic acids is 2. The number of methoxy groups -OCH3 is 1. The first-order valence-corrected chi connectivity index (χ1v) is 15.0. The summed E-state index contributed by atoms with van der Waals surface area (Å²) in [5, 5.41) is 16.4. The highest BCUT2D eigenvalue weighted by molar-refractivity contribution is 6.31. The fraction of sp³-hybridized carbons (Fsp3) is 0.382. The van der Waals surface area contributed by atoms with Crippen LogP contribution < -0.4 is 15.4 Å². The SMILES string of the molecule is CC.CC(C)(C)CC1NCC(c2cccc(Cl)c2F)[C@@]1(C#N)c1ccc(Cl)cc1F.COc1cc(C(C)=O)ccc1NC=O. The smallest absolute Gasteiger partial charge is 0.211 e. The molecule has 44 heavy (non-hydrogen) atoms. The number of nitrogens with zero attached hydrogens (tertiary/aromatic N) is 1. The van der Waals surface area contributed by atoms with Crippen LogP contribution in [0.5, 0.6) is 5.75 Å². The minimum atomic E-state index is -1.30. The van der Waals surface area contributed by atoms with Gasteiger partial charge in [0.1, 0.15) is 22.8 Å². The highest BCUT2D eigenvalue weighted by Crippen LogP contribution is 2.50. The molecule has 1 heterocycles. The Hall–Kier alpha value is -3.51. The van der Waals surface area contributed by atoms with Gasteiger partial charge in [-0.1, -0.05) is 76.0 Å². The van der Waals surface area contributed by atoms with Gasteiger partial charge in [0.25, 0.3) is 0 Å². The first-order chi connectivity index (χ1) is 20.8. The predicted molar refractivity (Wildman–Crippen MR) is 173 cm³/mol. The van der Waals surface area contributed by atoms with Crippen LogP contribution in [0.3, 0.4) is 0 Å². The maximum absolute atomic E-state index is 15.0. The van der Waals surface area contributed by atoms with Gasteiger partial charge in [0.15, 0.2) is 5.78 Å². The summed E-state index contributed by atoms with van der Waals surface area (Å²) >= 11 is 11.9. The molecule has 1 aliphatic rings. The van der Waals surface area contributed by atoms with Crippen molar-refractivity contribution in [1.82, 2.24) is 5.32 Å². The van der Waals surface area contributed by atoms with Crippen LogP contribution in [0.4, 0.5) is 14.5 Å². The molecule has 3 aromatic carbocycles. The number of hydrogen-bond donors (Lipinski definition) is 2. The summed E-state index contributed by atoms with van der Waals surface area (Å²) in [5.41, 5.74) is 0.221. The highest BCUT2D eigenvalue weighted by atomic mass is 35.5. The van der Waals surface area contributed by atoms with Crippen molar-refractivity contribution in [2.24, 2.45) is 5.41 Å². The van der Waals surface area contributed by atoms with Gasteiger partial charge < -0.3 is 15.4 Å². The van der Waals surface area contributed by atoms with Crippen molar-refractivity contribution in [2.75, 3.05) is 19.0 Å². The largest absolute Gasteiger partial charge is 0.495 e.